The van der Waals surface area contributed by atoms with Gasteiger partial charge in [-0.3, -0.25) is 0 Å². The fourth-order valence-corrected chi connectivity index (χ4v) is 4.20. The monoisotopic (exact) mass is 416 g/mol. The number of fused-ring (bicyclic) bond motifs is 2. The minimum atomic E-state index is -1.16. The quantitative estimate of drug-likeness (QED) is 0.388. The van der Waals surface area contributed by atoms with Gasteiger partial charge in [-0.05, 0) is 66.6 Å². The molecule has 4 aromatic carbocycles. The van der Waals surface area contributed by atoms with Crippen LogP contribution < -0.4 is 0 Å². The van der Waals surface area contributed by atoms with Crippen molar-refractivity contribution in [3.05, 3.63) is 83.7 Å². The Labute approximate surface area is 181 Å². The van der Waals surface area contributed by atoms with Gasteiger partial charge in [0.2, 0.25) is 0 Å². The van der Waals surface area contributed by atoms with E-state index < -0.39 is 17.7 Å². The van der Waals surface area contributed by atoms with Gasteiger partial charge in [0, 0.05) is 10.9 Å². The lowest BCUT2D eigenvalue weighted by molar-refractivity contribution is -0.160. The molecule has 0 heterocycles. The average Bonchev–Trinajstić information content (AvgIpc) is 2.71. The summed E-state index contributed by atoms with van der Waals surface area (Å²) >= 11 is 0. The van der Waals surface area contributed by atoms with Crippen LogP contribution in [-0.4, -0.2) is 16.7 Å². The van der Waals surface area contributed by atoms with E-state index in [2.05, 4.69) is 0 Å². The molecule has 0 aliphatic heterocycles. The maximum absolute atomic E-state index is 14.6. The second-order valence-corrected chi connectivity index (χ2v) is 8.79. The Morgan fingerprint density at radius 2 is 1.55 bits per heavy atom. The second kappa shape index (κ2) is 7.78. The smallest absolute Gasteiger partial charge is 0.337 e. The van der Waals surface area contributed by atoms with Crippen molar-refractivity contribution in [3.8, 4) is 11.1 Å². The number of carboxylic acid groups (broad SMARTS) is 1. The van der Waals surface area contributed by atoms with Crippen LogP contribution in [0.2, 0.25) is 0 Å². The third kappa shape index (κ3) is 3.91. The van der Waals surface area contributed by atoms with Crippen LogP contribution in [0.1, 0.15) is 38.0 Å². The predicted molar refractivity (Wildman–Crippen MR) is 123 cm³/mol. The third-order valence-corrected chi connectivity index (χ3v) is 5.39. The number of ether oxygens (including phenoxy) is 1. The molecule has 1 atom stereocenters. The van der Waals surface area contributed by atoms with E-state index in [1.165, 1.54) is 6.07 Å². The molecule has 4 heteroatoms. The zero-order valence-corrected chi connectivity index (χ0v) is 18.1. The number of aryl methyl sites for hydroxylation is 1. The number of hydrogen-bond donors (Lipinski definition) is 1. The number of hydrogen-bond acceptors (Lipinski definition) is 2. The van der Waals surface area contributed by atoms with Gasteiger partial charge in [-0.15, -0.1) is 0 Å². The fraction of sp³-hybridized carbons (Fsp3) is 0.222. The van der Waals surface area contributed by atoms with Crippen LogP contribution in [-0.2, 0) is 9.53 Å². The Bertz CT molecular complexity index is 1300. The number of benzene rings is 4. The van der Waals surface area contributed by atoms with Crippen LogP contribution in [0, 0.1) is 12.7 Å². The fourth-order valence-electron chi connectivity index (χ4n) is 4.20. The van der Waals surface area contributed by atoms with Gasteiger partial charge < -0.3 is 9.84 Å². The average molecular weight is 416 g/mol. The maximum atomic E-state index is 14.6. The van der Waals surface area contributed by atoms with Crippen LogP contribution in [0.15, 0.2) is 66.7 Å². The van der Waals surface area contributed by atoms with Gasteiger partial charge >= 0.3 is 5.97 Å². The summed E-state index contributed by atoms with van der Waals surface area (Å²) in [6, 6.07) is 20.3. The van der Waals surface area contributed by atoms with E-state index in [0.29, 0.717) is 10.9 Å². The van der Waals surface area contributed by atoms with E-state index in [4.69, 9.17) is 4.74 Å². The molecule has 158 valence electrons. The Morgan fingerprint density at radius 3 is 2.19 bits per heavy atom. The van der Waals surface area contributed by atoms with E-state index in [1.54, 1.807) is 18.2 Å². The zero-order valence-electron chi connectivity index (χ0n) is 18.1. The highest BCUT2D eigenvalue weighted by atomic mass is 19.1. The van der Waals surface area contributed by atoms with E-state index in [0.717, 1.165) is 32.8 Å². The summed E-state index contributed by atoms with van der Waals surface area (Å²) in [4.78, 5) is 12.4. The van der Waals surface area contributed by atoms with Crippen molar-refractivity contribution in [2.24, 2.45) is 0 Å². The zero-order chi connectivity index (χ0) is 22.3. The highest BCUT2D eigenvalue weighted by Crippen LogP contribution is 2.43. The lowest BCUT2D eigenvalue weighted by Gasteiger charge is -2.29. The summed E-state index contributed by atoms with van der Waals surface area (Å²) in [6.07, 6.45) is -1.16. The molecule has 0 radical (unpaired) electrons. The number of carboxylic acids is 1. The second-order valence-electron chi connectivity index (χ2n) is 8.79. The molecule has 4 rings (SSSR count). The summed E-state index contributed by atoms with van der Waals surface area (Å²) in [5.74, 6) is -1.36. The molecule has 0 aliphatic rings. The summed E-state index contributed by atoms with van der Waals surface area (Å²) in [6.45, 7) is 7.42. The van der Waals surface area contributed by atoms with Gasteiger partial charge in [0.15, 0.2) is 6.10 Å². The van der Waals surface area contributed by atoms with Crippen molar-refractivity contribution in [1.29, 1.82) is 0 Å². The minimum Gasteiger partial charge on any atom is -0.479 e. The molecule has 0 spiro atoms. The lowest BCUT2D eigenvalue weighted by atomic mass is 9.85. The van der Waals surface area contributed by atoms with Gasteiger partial charge in [0.25, 0.3) is 0 Å². The van der Waals surface area contributed by atoms with Crippen molar-refractivity contribution in [2.45, 2.75) is 39.4 Å². The van der Waals surface area contributed by atoms with Gasteiger partial charge in [0.05, 0.1) is 5.60 Å². The molecular weight excluding hydrogens is 391 g/mol. The summed E-state index contributed by atoms with van der Waals surface area (Å²) in [5, 5.41) is 13.3. The number of halogens is 1. The van der Waals surface area contributed by atoms with Gasteiger partial charge in [-0.1, -0.05) is 60.7 Å². The van der Waals surface area contributed by atoms with Crippen molar-refractivity contribution in [1.82, 2.24) is 0 Å². The first-order valence-corrected chi connectivity index (χ1v) is 10.3. The molecule has 0 saturated heterocycles. The van der Waals surface area contributed by atoms with Crippen molar-refractivity contribution < 1.29 is 19.0 Å². The topological polar surface area (TPSA) is 46.5 Å². The van der Waals surface area contributed by atoms with Gasteiger partial charge in [-0.2, -0.15) is 0 Å². The molecule has 0 aromatic heterocycles. The largest absolute Gasteiger partial charge is 0.479 e. The molecule has 1 N–H and O–H groups in total. The Morgan fingerprint density at radius 1 is 0.935 bits per heavy atom. The number of rotatable bonds is 4. The molecule has 0 unspecified atom stereocenters. The third-order valence-electron chi connectivity index (χ3n) is 5.39. The Kier molecular flexibility index (Phi) is 5.28. The van der Waals surface area contributed by atoms with Crippen LogP contribution >= 0.6 is 0 Å². The lowest BCUT2D eigenvalue weighted by Crippen LogP contribution is -2.28. The van der Waals surface area contributed by atoms with Crippen LogP contribution in [0.25, 0.3) is 32.7 Å². The molecular formula is C27H25FO3. The van der Waals surface area contributed by atoms with Crippen molar-refractivity contribution in [3.63, 3.8) is 0 Å². The van der Waals surface area contributed by atoms with Crippen LogP contribution in [0.3, 0.4) is 0 Å². The molecule has 0 bridgehead atoms. The van der Waals surface area contributed by atoms with Crippen molar-refractivity contribution >= 4 is 27.5 Å². The highest BCUT2D eigenvalue weighted by molar-refractivity contribution is 6.08. The molecule has 0 aliphatic carbocycles. The molecule has 31 heavy (non-hydrogen) atoms. The summed E-state index contributed by atoms with van der Waals surface area (Å²) in [7, 11) is 0. The van der Waals surface area contributed by atoms with E-state index in [9.17, 15) is 14.3 Å². The normalized spacial score (nSPS) is 12.9. The Hall–Kier alpha value is -3.24. The Balaban J connectivity index is 2.15. The van der Waals surface area contributed by atoms with Crippen LogP contribution in [0.4, 0.5) is 4.39 Å². The van der Waals surface area contributed by atoms with Crippen LogP contribution in [0.5, 0.6) is 0 Å². The first-order chi connectivity index (χ1) is 14.7. The summed E-state index contributed by atoms with van der Waals surface area (Å²) < 4.78 is 20.6. The summed E-state index contributed by atoms with van der Waals surface area (Å²) in [5.41, 5.74) is 2.30. The van der Waals surface area contributed by atoms with Gasteiger partial charge in [0.1, 0.15) is 5.82 Å². The molecule has 3 nitrogen and oxygen atoms in total. The molecule has 0 saturated carbocycles. The van der Waals surface area contributed by atoms with Gasteiger partial charge in [-0.25, -0.2) is 9.18 Å². The molecule has 4 aromatic rings. The number of carbonyl (C=O) groups is 1. The minimum absolute atomic E-state index is 0.307. The SMILES string of the molecule is Cc1cc2ccccc2c(-c2ccc(F)c3ccccc23)c1[C@H](OC(C)(C)C)C(=O)O. The molecule has 0 amide bonds. The first kappa shape index (κ1) is 21.0. The van der Waals surface area contributed by atoms with Crippen molar-refractivity contribution in [2.75, 3.05) is 0 Å². The maximum Gasteiger partial charge on any atom is 0.337 e. The van der Waals surface area contributed by atoms with E-state index in [-0.39, 0.29) is 5.82 Å². The highest BCUT2D eigenvalue weighted by Gasteiger charge is 2.32. The first-order valence-electron chi connectivity index (χ1n) is 10.3. The predicted octanol–water partition coefficient (Wildman–Crippen LogP) is 7.05. The molecule has 0 fully saturated rings. The number of aliphatic carboxylic acids is 1. The van der Waals surface area contributed by atoms with E-state index >= 15 is 0 Å². The standard InChI is InChI=1S/C27H25FO3/c1-16-15-17-9-5-6-10-18(17)24(23(16)25(26(29)30)31-27(2,3)4)21-13-14-22(28)20-12-8-7-11-19(20)21/h5-15,25H,1-4H3,(H,29,30)/t25-/m0/s1. The van der Waals surface area contributed by atoms with E-state index in [1.807, 2.05) is 70.2 Å².